The molecule has 224 valence electrons. The number of amides is 1. The summed E-state index contributed by atoms with van der Waals surface area (Å²) in [5.74, 6) is -10.5. The van der Waals surface area contributed by atoms with Crippen molar-refractivity contribution in [2.45, 2.75) is 74.5 Å². The molecule has 0 aliphatic carbocycles. The lowest BCUT2D eigenvalue weighted by molar-refractivity contribution is -0.373. The molecular formula is C26H31NO14. The van der Waals surface area contributed by atoms with Crippen LogP contribution < -0.4 is 5.73 Å². The zero-order valence-corrected chi connectivity index (χ0v) is 22.1. The molecule has 8 unspecified atom stereocenters. The van der Waals surface area contributed by atoms with E-state index in [-0.39, 0.29) is 17.9 Å². The van der Waals surface area contributed by atoms with Gasteiger partial charge in [0.1, 0.15) is 12.2 Å². The molecular weight excluding hydrogens is 550 g/mol. The van der Waals surface area contributed by atoms with Crippen LogP contribution in [0.3, 0.4) is 0 Å². The maximum Gasteiger partial charge on any atom is 0.404 e. The second kappa shape index (κ2) is 11.4. The maximum absolute atomic E-state index is 12.5. The highest BCUT2D eigenvalue weighted by atomic mass is 16.8. The fourth-order valence-electron chi connectivity index (χ4n) is 5.42. The van der Waals surface area contributed by atoms with Gasteiger partial charge in [0.25, 0.3) is 5.60 Å². The second-order valence-corrected chi connectivity index (χ2v) is 10.0. The summed E-state index contributed by atoms with van der Waals surface area (Å²) in [7, 11) is 0. The van der Waals surface area contributed by atoms with Gasteiger partial charge < -0.3 is 50.2 Å². The molecule has 0 aromatic heterocycles. The normalized spacial score (nSPS) is 31.9. The number of carbonyl (C=O) groups excluding carboxylic acids is 2. The Hall–Kier alpha value is -4.05. The molecule has 7 N–H and O–H groups in total. The van der Waals surface area contributed by atoms with Gasteiger partial charge in [0, 0.05) is 19.3 Å². The van der Waals surface area contributed by atoms with Crippen molar-refractivity contribution in [1.29, 1.82) is 0 Å². The molecule has 2 fully saturated rings. The van der Waals surface area contributed by atoms with Crippen molar-refractivity contribution in [3.05, 3.63) is 48.0 Å². The van der Waals surface area contributed by atoms with E-state index >= 15 is 0 Å². The molecule has 15 nitrogen and oxygen atoms in total. The summed E-state index contributed by atoms with van der Waals surface area (Å²) in [5.41, 5.74) is -1.33. The highest BCUT2D eigenvalue weighted by molar-refractivity contribution is 5.98. The molecule has 2 aliphatic heterocycles. The molecule has 2 heterocycles. The number of esters is 1. The number of hydrogen-bond donors (Lipinski definition) is 6. The molecule has 0 spiro atoms. The summed E-state index contributed by atoms with van der Waals surface area (Å²) < 4.78 is 20.9. The average Bonchev–Trinajstić information content (AvgIpc) is 3.09. The number of ether oxygens (including phenoxy) is 4. The van der Waals surface area contributed by atoms with E-state index in [1.807, 2.05) is 30.3 Å². The summed E-state index contributed by atoms with van der Waals surface area (Å²) >= 11 is 0. The Balaban J connectivity index is 2.01. The Morgan fingerprint density at radius 2 is 1.71 bits per heavy atom. The topological polar surface area (TPSA) is 249 Å². The van der Waals surface area contributed by atoms with Gasteiger partial charge in [0.15, 0.2) is 6.10 Å². The molecule has 41 heavy (non-hydrogen) atoms. The van der Waals surface area contributed by atoms with Crippen LogP contribution in [0.1, 0.15) is 32.3 Å². The SMILES string of the molecule is C=C(CCC12OC(C(=O)O)C(O)(C(=O)O)C(C(=O)O)(O1)C(OC(N)=O)C2O)C(OC(C)=O)C(C)Cc1ccccc1. The van der Waals surface area contributed by atoms with Crippen molar-refractivity contribution >= 4 is 30.0 Å². The fraction of sp³-hybridized carbons (Fsp3) is 0.500. The van der Waals surface area contributed by atoms with E-state index in [0.29, 0.717) is 6.42 Å². The summed E-state index contributed by atoms with van der Waals surface area (Å²) in [6, 6.07) is 9.21. The van der Waals surface area contributed by atoms with Crippen molar-refractivity contribution in [2.75, 3.05) is 0 Å². The van der Waals surface area contributed by atoms with Gasteiger partial charge in [-0.25, -0.2) is 19.2 Å². The number of nitrogens with two attached hydrogens (primary N) is 1. The minimum absolute atomic E-state index is 0.226. The van der Waals surface area contributed by atoms with Gasteiger partial charge in [-0.2, -0.15) is 0 Å². The van der Waals surface area contributed by atoms with Gasteiger partial charge in [-0.1, -0.05) is 43.8 Å². The summed E-state index contributed by atoms with van der Waals surface area (Å²) in [4.78, 5) is 60.3. The number of hydrogen-bond acceptors (Lipinski definition) is 11. The van der Waals surface area contributed by atoms with Gasteiger partial charge in [-0.15, -0.1) is 0 Å². The third-order valence-corrected chi connectivity index (χ3v) is 7.25. The molecule has 2 saturated heterocycles. The number of primary amides is 1. The molecule has 0 saturated carbocycles. The van der Waals surface area contributed by atoms with Crippen molar-refractivity contribution in [3.8, 4) is 0 Å². The first-order chi connectivity index (χ1) is 19.0. The molecule has 2 aliphatic rings. The maximum atomic E-state index is 12.5. The number of carboxylic acid groups (broad SMARTS) is 3. The molecule has 15 heteroatoms. The Kier molecular flexibility index (Phi) is 8.78. The van der Waals surface area contributed by atoms with Crippen LogP contribution >= 0.6 is 0 Å². The summed E-state index contributed by atoms with van der Waals surface area (Å²) in [6.45, 7) is 6.90. The number of rotatable bonds is 12. The fourth-order valence-corrected chi connectivity index (χ4v) is 5.42. The average molecular weight is 582 g/mol. The van der Waals surface area contributed by atoms with Crippen molar-refractivity contribution in [1.82, 2.24) is 0 Å². The Bertz CT molecular complexity index is 1240. The quantitative estimate of drug-likeness (QED) is 0.138. The third-order valence-electron chi connectivity index (χ3n) is 7.25. The van der Waals surface area contributed by atoms with Crippen LogP contribution in [0, 0.1) is 5.92 Å². The Morgan fingerprint density at radius 3 is 2.20 bits per heavy atom. The van der Waals surface area contributed by atoms with Gasteiger partial charge in [-0.3, -0.25) is 4.79 Å². The van der Waals surface area contributed by atoms with Crippen LogP contribution in [0.15, 0.2) is 42.5 Å². The predicted octanol–water partition coefficient (Wildman–Crippen LogP) is -0.193. The lowest BCUT2D eigenvalue weighted by atomic mass is 9.74. The molecule has 1 amide bonds. The van der Waals surface area contributed by atoms with Crippen LogP contribution in [0.25, 0.3) is 0 Å². The monoisotopic (exact) mass is 581 g/mol. The van der Waals surface area contributed by atoms with Crippen LogP contribution in [0.2, 0.25) is 0 Å². The van der Waals surface area contributed by atoms with E-state index in [1.54, 1.807) is 6.92 Å². The Morgan fingerprint density at radius 1 is 1.10 bits per heavy atom. The zero-order chi connectivity index (χ0) is 30.9. The standard InChI is InChI=1S/C26H31NO14/c1-12(16(38-14(3)28)13(2)11-15-7-5-4-6-8-15)9-10-24-17(29)18(39-23(27)36)26(41-24,22(34)35)25(37,21(32)33)19(40-24)20(30)31/h4-8,13,16-19,29,37H,1,9-11H2,2-3H3,(H2,27,36)(H,30,31)(H,32,33)(H,34,35). The summed E-state index contributed by atoms with van der Waals surface area (Å²) in [6.07, 6.45) is -10.7. The first-order valence-corrected chi connectivity index (χ1v) is 12.4. The van der Waals surface area contributed by atoms with Crippen LogP contribution in [-0.4, -0.2) is 96.9 Å². The molecule has 8 atom stereocenters. The van der Waals surface area contributed by atoms with Crippen LogP contribution in [-0.2, 0) is 44.5 Å². The van der Waals surface area contributed by atoms with E-state index in [2.05, 4.69) is 6.58 Å². The van der Waals surface area contributed by atoms with Crippen LogP contribution in [0.4, 0.5) is 4.79 Å². The third kappa shape index (κ3) is 5.36. The second-order valence-electron chi connectivity index (χ2n) is 10.0. The molecule has 2 bridgehead atoms. The highest BCUT2D eigenvalue weighted by Crippen LogP contribution is 2.55. The number of fused-ring (bicyclic) bond motifs is 2. The number of aliphatic hydroxyl groups is 2. The predicted molar refractivity (Wildman–Crippen MR) is 133 cm³/mol. The van der Waals surface area contributed by atoms with Gasteiger partial charge in [0.05, 0.1) is 0 Å². The molecule has 1 aromatic carbocycles. The first-order valence-electron chi connectivity index (χ1n) is 12.4. The van der Waals surface area contributed by atoms with Crippen molar-refractivity contribution < 1.29 is 68.5 Å². The van der Waals surface area contributed by atoms with Crippen molar-refractivity contribution in [3.63, 3.8) is 0 Å². The molecule has 3 rings (SSSR count). The zero-order valence-electron chi connectivity index (χ0n) is 22.1. The Labute approximate surface area is 233 Å². The van der Waals surface area contributed by atoms with E-state index < -0.39 is 77.8 Å². The van der Waals surface area contributed by atoms with Gasteiger partial charge in [0.2, 0.25) is 17.5 Å². The van der Waals surface area contributed by atoms with E-state index in [0.717, 1.165) is 5.56 Å². The number of aliphatic hydroxyl groups excluding tert-OH is 1. The molecule has 0 radical (unpaired) electrons. The number of carboxylic acids is 3. The number of aliphatic carboxylic acids is 3. The smallest absolute Gasteiger partial charge is 0.404 e. The lowest BCUT2D eigenvalue weighted by Crippen LogP contribution is -2.78. The van der Waals surface area contributed by atoms with Crippen LogP contribution in [0.5, 0.6) is 0 Å². The van der Waals surface area contributed by atoms with Gasteiger partial charge >= 0.3 is 30.0 Å². The van der Waals surface area contributed by atoms with E-state index in [4.69, 9.17) is 24.7 Å². The number of benzene rings is 1. The lowest BCUT2D eigenvalue weighted by Gasteiger charge is -2.48. The number of carbonyl (C=O) groups is 5. The van der Waals surface area contributed by atoms with Crippen molar-refractivity contribution in [2.24, 2.45) is 11.7 Å². The highest BCUT2D eigenvalue weighted by Gasteiger charge is 2.85. The summed E-state index contributed by atoms with van der Waals surface area (Å²) in [5, 5.41) is 51.8. The van der Waals surface area contributed by atoms with E-state index in [9.17, 15) is 49.5 Å². The largest absolute Gasteiger partial charge is 0.479 e. The minimum Gasteiger partial charge on any atom is -0.479 e. The van der Waals surface area contributed by atoms with E-state index in [1.165, 1.54) is 6.92 Å². The molecule has 1 aromatic rings. The first kappa shape index (κ1) is 31.5. The van der Waals surface area contributed by atoms with Gasteiger partial charge in [-0.05, 0) is 24.0 Å². The minimum atomic E-state index is -3.91.